The summed E-state index contributed by atoms with van der Waals surface area (Å²) in [7, 11) is 0. The second kappa shape index (κ2) is 7.61. The van der Waals surface area contributed by atoms with Crippen molar-refractivity contribution in [3.63, 3.8) is 0 Å². The molecule has 0 bridgehead atoms. The van der Waals surface area contributed by atoms with Crippen LogP contribution >= 0.6 is 27.5 Å². The molecule has 0 unspecified atom stereocenters. The number of anilines is 1. The van der Waals surface area contributed by atoms with Crippen molar-refractivity contribution < 1.29 is 9.53 Å². The Hall–Kier alpha value is -1.59. The number of hydrogen-bond acceptors (Lipinski definition) is 3. The van der Waals surface area contributed by atoms with E-state index in [1.807, 2.05) is 19.9 Å². The first-order valence-electron chi connectivity index (χ1n) is 6.82. The van der Waals surface area contributed by atoms with Gasteiger partial charge in [0.1, 0.15) is 11.6 Å². The molecule has 116 valence electrons. The third kappa shape index (κ3) is 4.21. The Bertz CT molecular complexity index is 662. The van der Waals surface area contributed by atoms with E-state index >= 15 is 0 Å². The van der Waals surface area contributed by atoms with Gasteiger partial charge in [-0.1, -0.05) is 11.6 Å². The number of hydrogen-bond donors (Lipinski definition) is 0. The van der Waals surface area contributed by atoms with Crippen LogP contribution in [0.3, 0.4) is 0 Å². The van der Waals surface area contributed by atoms with E-state index in [9.17, 15) is 4.79 Å². The molecule has 4 nitrogen and oxygen atoms in total. The maximum absolute atomic E-state index is 12.3. The molecule has 1 aromatic carbocycles. The summed E-state index contributed by atoms with van der Waals surface area (Å²) >= 11 is 9.23. The van der Waals surface area contributed by atoms with Gasteiger partial charge in [0.15, 0.2) is 6.61 Å². The smallest absolute Gasteiger partial charge is 0.266 e. The summed E-state index contributed by atoms with van der Waals surface area (Å²) < 4.78 is 6.46. The highest BCUT2D eigenvalue weighted by molar-refractivity contribution is 9.10. The monoisotopic (exact) mass is 382 g/mol. The molecule has 0 aliphatic rings. The van der Waals surface area contributed by atoms with Gasteiger partial charge in [0.2, 0.25) is 0 Å². The van der Waals surface area contributed by atoms with Crippen LogP contribution in [0, 0.1) is 6.92 Å². The number of amides is 1. The number of carbonyl (C=O) groups is 1. The minimum Gasteiger partial charge on any atom is -0.483 e. The second-order valence-electron chi connectivity index (χ2n) is 4.67. The molecule has 0 saturated carbocycles. The number of ether oxygens (including phenoxy) is 1. The predicted molar refractivity (Wildman–Crippen MR) is 91.6 cm³/mol. The van der Waals surface area contributed by atoms with Gasteiger partial charge in [0.05, 0.1) is 0 Å². The van der Waals surface area contributed by atoms with Gasteiger partial charge in [-0.3, -0.25) is 9.69 Å². The molecule has 1 aromatic heterocycles. The third-order valence-corrected chi connectivity index (χ3v) is 3.80. The van der Waals surface area contributed by atoms with Crippen LogP contribution in [0.1, 0.15) is 12.5 Å². The maximum Gasteiger partial charge on any atom is 0.266 e. The van der Waals surface area contributed by atoms with E-state index in [4.69, 9.17) is 16.3 Å². The van der Waals surface area contributed by atoms with Gasteiger partial charge >= 0.3 is 0 Å². The molecular formula is C16H16BrClN2O2. The van der Waals surface area contributed by atoms with E-state index in [1.54, 1.807) is 35.4 Å². The van der Waals surface area contributed by atoms with Gasteiger partial charge in [-0.2, -0.15) is 0 Å². The van der Waals surface area contributed by atoms with Crippen molar-refractivity contribution in [3.8, 4) is 5.75 Å². The van der Waals surface area contributed by atoms with E-state index in [0.29, 0.717) is 23.1 Å². The summed E-state index contributed by atoms with van der Waals surface area (Å²) in [6, 6.07) is 8.94. The van der Waals surface area contributed by atoms with Gasteiger partial charge in [-0.25, -0.2) is 4.98 Å². The first kappa shape index (κ1) is 16.8. The summed E-state index contributed by atoms with van der Waals surface area (Å²) in [5.41, 5.74) is 0.894. The molecule has 22 heavy (non-hydrogen) atoms. The van der Waals surface area contributed by atoms with Crippen LogP contribution in [0.2, 0.25) is 5.02 Å². The van der Waals surface area contributed by atoms with Gasteiger partial charge in [-0.05, 0) is 65.7 Å². The van der Waals surface area contributed by atoms with Crippen molar-refractivity contribution in [3.05, 3.63) is 51.6 Å². The van der Waals surface area contributed by atoms with Gasteiger partial charge < -0.3 is 4.74 Å². The summed E-state index contributed by atoms with van der Waals surface area (Å²) in [6.07, 6.45) is 1.66. The highest BCUT2D eigenvalue weighted by Gasteiger charge is 2.16. The van der Waals surface area contributed by atoms with Crippen LogP contribution in [0.25, 0.3) is 0 Å². The highest BCUT2D eigenvalue weighted by atomic mass is 79.9. The van der Waals surface area contributed by atoms with Gasteiger partial charge in [0, 0.05) is 22.2 Å². The van der Waals surface area contributed by atoms with Crippen molar-refractivity contribution >= 4 is 39.3 Å². The zero-order chi connectivity index (χ0) is 16.1. The van der Waals surface area contributed by atoms with Gasteiger partial charge in [-0.15, -0.1) is 0 Å². The Balaban J connectivity index is 2.05. The Morgan fingerprint density at radius 3 is 2.73 bits per heavy atom. The maximum atomic E-state index is 12.3. The zero-order valence-corrected chi connectivity index (χ0v) is 14.7. The van der Waals surface area contributed by atoms with Crippen LogP contribution in [0.15, 0.2) is 41.0 Å². The number of nitrogens with zero attached hydrogens (tertiary/aromatic N) is 2. The average Bonchev–Trinajstić information content (AvgIpc) is 2.49. The van der Waals surface area contributed by atoms with Gasteiger partial charge in [0.25, 0.3) is 5.91 Å². The minimum absolute atomic E-state index is 0.0476. The topological polar surface area (TPSA) is 42.4 Å². The Morgan fingerprint density at radius 2 is 2.14 bits per heavy atom. The zero-order valence-electron chi connectivity index (χ0n) is 12.3. The Kier molecular flexibility index (Phi) is 5.80. The summed E-state index contributed by atoms with van der Waals surface area (Å²) in [6.45, 7) is 4.26. The lowest BCUT2D eigenvalue weighted by atomic mass is 10.2. The molecule has 0 radical (unpaired) electrons. The van der Waals surface area contributed by atoms with Crippen molar-refractivity contribution in [2.45, 2.75) is 13.8 Å². The van der Waals surface area contributed by atoms with Crippen LogP contribution in [-0.2, 0) is 4.79 Å². The molecule has 2 rings (SSSR count). The molecule has 1 heterocycles. The number of carbonyl (C=O) groups excluding carboxylic acids is 1. The number of rotatable bonds is 5. The van der Waals surface area contributed by atoms with Crippen LogP contribution in [-0.4, -0.2) is 24.0 Å². The fraction of sp³-hybridized carbons (Fsp3) is 0.250. The fourth-order valence-electron chi connectivity index (χ4n) is 1.99. The van der Waals surface area contributed by atoms with Crippen molar-refractivity contribution in [1.29, 1.82) is 0 Å². The fourth-order valence-corrected chi connectivity index (χ4v) is 2.45. The Labute approximate surface area is 143 Å². The third-order valence-electron chi connectivity index (χ3n) is 3.09. The number of aryl methyl sites for hydroxylation is 1. The molecule has 0 aliphatic heterocycles. The normalized spacial score (nSPS) is 10.4. The number of likely N-dealkylation sites (N-methyl/N-ethyl adjacent to an activating group) is 1. The summed E-state index contributed by atoms with van der Waals surface area (Å²) in [5.74, 6) is 1.11. The molecule has 0 spiro atoms. The molecule has 6 heteroatoms. The lowest BCUT2D eigenvalue weighted by Gasteiger charge is -2.20. The van der Waals surface area contributed by atoms with Crippen molar-refractivity contribution in [2.75, 3.05) is 18.1 Å². The van der Waals surface area contributed by atoms with E-state index < -0.39 is 0 Å². The Morgan fingerprint density at radius 1 is 1.36 bits per heavy atom. The predicted octanol–water partition coefficient (Wildman–Crippen LogP) is 4.24. The quantitative estimate of drug-likeness (QED) is 0.775. The molecule has 0 aliphatic carbocycles. The molecule has 0 saturated heterocycles. The number of aromatic nitrogens is 1. The molecule has 0 N–H and O–H groups in total. The van der Waals surface area contributed by atoms with E-state index in [0.717, 1.165) is 10.0 Å². The first-order chi connectivity index (χ1) is 10.5. The molecule has 1 amide bonds. The van der Waals surface area contributed by atoms with Crippen LogP contribution in [0.5, 0.6) is 5.75 Å². The largest absolute Gasteiger partial charge is 0.483 e. The number of pyridine rings is 1. The highest BCUT2D eigenvalue weighted by Crippen LogP contribution is 2.22. The molecular weight excluding hydrogens is 368 g/mol. The van der Waals surface area contributed by atoms with Crippen LogP contribution < -0.4 is 9.64 Å². The minimum atomic E-state index is -0.147. The van der Waals surface area contributed by atoms with Crippen molar-refractivity contribution in [1.82, 2.24) is 4.98 Å². The molecule has 2 aromatic rings. The standard InChI is InChI=1S/C16H16BrClN2O2/c1-3-20(15-7-4-12(17)9-19-15)16(21)10-22-14-6-5-13(18)8-11(14)2/h4-9H,3,10H2,1-2H3. The number of halogens is 2. The average molecular weight is 384 g/mol. The summed E-state index contributed by atoms with van der Waals surface area (Å²) in [5, 5.41) is 0.644. The van der Waals surface area contributed by atoms with E-state index in [2.05, 4.69) is 20.9 Å². The van der Waals surface area contributed by atoms with E-state index in [-0.39, 0.29) is 12.5 Å². The van der Waals surface area contributed by atoms with E-state index in [1.165, 1.54) is 0 Å². The molecule has 0 atom stereocenters. The lowest BCUT2D eigenvalue weighted by molar-refractivity contribution is -0.120. The lowest BCUT2D eigenvalue weighted by Crippen LogP contribution is -2.35. The first-order valence-corrected chi connectivity index (χ1v) is 7.99. The SMILES string of the molecule is CCN(C(=O)COc1ccc(Cl)cc1C)c1ccc(Br)cn1. The number of benzene rings is 1. The second-order valence-corrected chi connectivity index (χ2v) is 6.02. The summed E-state index contributed by atoms with van der Waals surface area (Å²) in [4.78, 5) is 18.2. The molecule has 0 fully saturated rings. The van der Waals surface area contributed by atoms with Crippen LogP contribution in [0.4, 0.5) is 5.82 Å². The van der Waals surface area contributed by atoms with Crippen molar-refractivity contribution in [2.24, 2.45) is 0 Å².